The number of rotatable bonds is 1. The Bertz CT molecular complexity index is 833. The molecule has 3 aromatic rings. The largest absolute Gasteiger partial charge is 0.451 e. The van der Waals surface area contributed by atoms with Crippen LogP contribution in [0.25, 0.3) is 0 Å². The first-order valence-electron chi connectivity index (χ1n) is 7.74. The van der Waals surface area contributed by atoms with Crippen LogP contribution in [0.2, 0.25) is 0 Å². The van der Waals surface area contributed by atoms with E-state index in [1.807, 2.05) is 30.5 Å². The highest BCUT2D eigenvalue weighted by Crippen LogP contribution is 2.51. The highest BCUT2D eigenvalue weighted by atomic mass is 16.5. The molecule has 1 aliphatic rings. The average Bonchev–Trinajstić information content (AvgIpc) is 2.53. The maximum atomic E-state index is 6.03. The summed E-state index contributed by atoms with van der Waals surface area (Å²) in [7, 11) is 0. The molecule has 0 atom stereocenters. The third-order valence-corrected chi connectivity index (χ3v) is 4.19. The first-order chi connectivity index (χ1) is 11.1. The van der Waals surface area contributed by atoms with Gasteiger partial charge in [-0.05, 0) is 50.1 Å². The predicted molar refractivity (Wildman–Crippen MR) is 93.2 cm³/mol. The molecule has 0 unspecified atom stereocenters. The fraction of sp³-hybridized carbons (Fsp3) is 0.150. The first-order valence-corrected chi connectivity index (χ1v) is 7.74. The van der Waals surface area contributed by atoms with Gasteiger partial charge < -0.3 is 9.64 Å². The summed E-state index contributed by atoms with van der Waals surface area (Å²) >= 11 is 0. The van der Waals surface area contributed by atoms with E-state index in [2.05, 4.69) is 48.9 Å². The van der Waals surface area contributed by atoms with E-state index in [1.165, 1.54) is 22.4 Å². The molecule has 0 saturated carbocycles. The first kappa shape index (κ1) is 13.8. The molecule has 3 nitrogen and oxygen atoms in total. The van der Waals surface area contributed by atoms with Gasteiger partial charge in [-0.3, -0.25) is 4.98 Å². The molecule has 0 saturated heterocycles. The van der Waals surface area contributed by atoms with E-state index < -0.39 is 0 Å². The van der Waals surface area contributed by atoms with Crippen molar-refractivity contribution in [1.82, 2.24) is 4.98 Å². The van der Waals surface area contributed by atoms with Gasteiger partial charge in [0.05, 0.1) is 23.3 Å². The monoisotopic (exact) mass is 302 g/mol. The van der Waals surface area contributed by atoms with Crippen molar-refractivity contribution >= 4 is 17.1 Å². The van der Waals surface area contributed by atoms with E-state index in [0.717, 1.165) is 22.9 Å². The molecule has 0 spiro atoms. The maximum Gasteiger partial charge on any atom is 0.169 e. The van der Waals surface area contributed by atoms with Crippen molar-refractivity contribution in [2.45, 2.75) is 20.8 Å². The highest BCUT2D eigenvalue weighted by Gasteiger charge is 2.27. The van der Waals surface area contributed by atoms with E-state index in [-0.39, 0.29) is 0 Å². The number of fused-ring (bicyclic) bond motifs is 2. The zero-order valence-corrected chi connectivity index (χ0v) is 13.5. The van der Waals surface area contributed by atoms with Crippen molar-refractivity contribution in [1.29, 1.82) is 0 Å². The second-order valence-corrected chi connectivity index (χ2v) is 6.00. The normalized spacial score (nSPS) is 12.4. The molecule has 0 bridgehead atoms. The Kier molecular flexibility index (Phi) is 3.08. The van der Waals surface area contributed by atoms with Gasteiger partial charge in [0.15, 0.2) is 11.5 Å². The highest BCUT2D eigenvalue weighted by molar-refractivity contribution is 5.88. The molecule has 0 fully saturated rings. The van der Waals surface area contributed by atoms with E-state index in [0.29, 0.717) is 0 Å². The quantitative estimate of drug-likeness (QED) is 0.459. The molecule has 1 aromatic heterocycles. The number of nitrogens with zero attached hydrogens (tertiary/aromatic N) is 2. The molecule has 0 radical (unpaired) electrons. The van der Waals surface area contributed by atoms with Crippen LogP contribution in [0, 0.1) is 20.8 Å². The van der Waals surface area contributed by atoms with Crippen molar-refractivity contribution in [2.24, 2.45) is 0 Å². The molecule has 114 valence electrons. The van der Waals surface area contributed by atoms with Crippen LogP contribution in [-0.2, 0) is 0 Å². The fourth-order valence-electron chi connectivity index (χ4n) is 3.38. The summed E-state index contributed by atoms with van der Waals surface area (Å²) in [6, 6.07) is 14.6. The van der Waals surface area contributed by atoms with E-state index in [1.54, 1.807) is 6.20 Å². The molecule has 3 heteroatoms. The molecule has 0 N–H and O–H groups in total. The minimum absolute atomic E-state index is 0.783. The molecule has 0 amide bonds. The van der Waals surface area contributed by atoms with Gasteiger partial charge in [-0.1, -0.05) is 29.8 Å². The van der Waals surface area contributed by atoms with Crippen LogP contribution in [0.15, 0.2) is 54.9 Å². The number of ether oxygens (including phenoxy) is 1. The fourth-order valence-corrected chi connectivity index (χ4v) is 3.38. The number of aryl methyl sites for hydroxylation is 3. The topological polar surface area (TPSA) is 25.4 Å². The Labute approximate surface area is 136 Å². The minimum Gasteiger partial charge on any atom is -0.451 e. The Balaban J connectivity index is 2.02. The van der Waals surface area contributed by atoms with Crippen LogP contribution in [0.5, 0.6) is 11.5 Å². The number of hydrogen-bond donors (Lipinski definition) is 0. The van der Waals surface area contributed by atoms with Gasteiger partial charge in [-0.25, -0.2) is 0 Å². The number of benzene rings is 2. The molecule has 4 rings (SSSR count). The second-order valence-electron chi connectivity index (χ2n) is 6.00. The summed E-state index contributed by atoms with van der Waals surface area (Å²) in [6.07, 6.45) is 3.58. The van der Waals surface area contributed by atoms with E-state index >= 15 is 0 Å². The van der Waals surface area contributed by atoms with Crippen LogP contribution in [0.3, 0.4) is 0 Å². The Morgan fingerprint density at radius 3 is 2.35 bits per heavy atom. The van der Waals surface area contributed by atoms with Crippen LogP contribution >= 0.6 is 0 Å². The number of para-hydroxylation sites is 2. The van der Waals surface area contributed by atoms with Crippen molar-refractivity contribution in [2.75, 3.05) is 4.90 Å². The Morgan fingerprint density at radius 1 is 0.870 bits per heavy atom. The van der Waals surface area contributed by atoms with Crippen molar-refractivity contribution < 1.29 is 4.74 Å². The molecular weight excluding hydrogens is 284 g/mol. The summed E-state index contributed by atoms with van der Waals surface area (Å²) < 4.78 is 6.03. The van der Waals surface area contributed by atoms with Crippen LogP contribution in [0.4, 0.5) is 17.1 Å². The van der Waals surface area contributed by atoms with Crippen molar-refractivity contribution in [3.8, 4) is 11.5 Å². The number of anilines is 3. The molecule has 2 heterocycles. The molecule has 0 aliphatic carbocycles. The Hall–Kier alpha value is -2.81. The van der Waals surface area contributed by atoms with Crippen molar-refractivity contribution in [3.63, 3.8) is 0 Å². The number of pyridine rings is 1. The van der Waals surface area contributed by atoms with Gasteiger partial charge in [-0.2, -0.15) is 0 Å². The molecule has 23 heavy (non-hydrogen) atoms. The molecule has 2 aromatic carbocycles. The third kappa shape index (κ3) is 2.16. The summed E-state index contributed by atoms with van der Waals surface area (Å²) in [4.78, 5) is 6.48. The Morgan fingerprint density at radius 2 is 1.57 bits per heavy atom. The van der Waals surface area contributed by atoms with E-state index in [9.17, 15) is 0 Å². The minimum atomic E-state index is 0.783. The lowest BCUT2D eigenvalue weighted by Gasteiger charge is -2.34. The zero-order valence-electron chi connectivity index (χ0n) is 13.5. The summed E-state index contributed by atoms with van der Waals surface area (Å²) in [6.45, 7) is 6.46. The lowest BCUT2D eigenvalue weighted by Crippen LogP contribution is -2.18. The standard InChI is InChI=1S/C20H18N2O/c1-13-10-14(2)20(15(3)11-13)22-16-6-4-5-7-18(16)23-19-12-21-9-8-17(19)22/h4-12H,1-3H3. The van der Waals surface area contributed by atoms with Gasteiger partial charge in [0.25, 0.3) is 0 Å². The van der Waals surface area contributed by atoms with Crippen molar-refractivity contribution in [3.05, 3.63) is 71.5 Å². The average molecular weight is 302 g/mol. The van der Waals surface area contributed by atoms with Gasteiger partial charge in [0.1, 0.15) is 0 Å². The van der Waals surface area contributed by atoms with Crippen LogP contribution in [-0.4, -0.2) is 4.98 Å². The molecular formula is C20H18N2O. The van der Waals surface area contributed by atoms with Gasteiger partial charge >= 0.3 is 0 Å². The summed E-state index contributed by atoms with van der Waals surface area (Å²) in [5.41, 5.74) is 7.07. The summed E-state index contributed by atoms with van der Waals surface area (Å²) in [5.74, 6) is 1.64. The summed E-state index contributed by atoms with van der Waals surface area (Å²) in [5, 5.41) is 0. The lowest BCUT2D eigenvalue weighted by atomic mass is 10.0. The van der Waals surface area contributed by atoms with E-state index in [4.69, 9.17) is 4.74 Å². The van der Waals surface area contributed by atoms with Gasteiger partial charge in [-0.15, -0.1) is 0 Å². The van der Waals surface area contributed by atoms with Gasteiger partial charge in [0.2, 0.25) is 0 Å². The zero-order chi connectivity index (χ0) is 16.0. The van der Waals surface area contributed by atoms with Crippen LogP contribution < -0.4 is 9.64 Å². The lowest BCUT2D eigenvalue weighted by molar-refractivity contribution is 0.474. The SMILES string of the molecule is Cc1cc(C)c(N2c3ccccc3Oc3cnccc32)c(C)c1. The number of hydrogen-bond acceptors (Lipinski definition) is 3. The number of aromatic nitrogens is 1. The molecule has 1 aliphatic heterocycles. The maximum absolute atomic E-state index is 6.03. The third-order valence-electron chi connectivity index (χ3n) is 4.19. The predicted octanol–water partition coefficient (Wildman–Crippen LogP) is 5.58. The second kappa shape index (κ2) is 5.13. The van der Waals surface area contributed by atoms with Crippen LogP contribution in [0.1, 0.15) is 16.7 Å². The van der Waals surface area contributed by atoms with Gasteiger partial charge in [0, 0.05) is 6.20 Å². The smallest absolute Gasteiger partial charge is 0.169 e.